The predicted molar refractivity (Wildman–Crippen MR) is 85.4 cm³/mol. The topological polar surface area (TPSA) is 21.6 Å². The minimum absolute atomic E-state index is 0.569. The lowest BCUT2D eigenvalue weighted by Crippen LogP contribution is -1.95. The highest BCUT2D eigenvalue weighted by atomic mass is 16.5. The first kappa shape index (κ1) is 14.1. The second-order valence-corrected chi connectivity index (χ2v) is 4.43. The van der Waals surface area contributed by atoms with Crippen molar-refractivity contribution in [3.8, 4) is 5.75 Å². The minimum Gasteiger partial charge on any atom is -0.489 e. The lowest BCUT2D eigenvalue weighted by molar-refractivity contribution is 0.306. The van der Waals surface area contributed by atoms with Crippen LogP contribution in [0.4, 0.5) is 0 Å². The van der Waals surface area contributed by atoms with Crippen LogP contribution in [0.15, 0.2) is 60.1 Å². The smallest absolute Gasteiger partial charge is 0.119 e. The van der Waals surface area contributed by atoms with Crippen molar-refractivity contribution in [1.82, 2.24) is 0 Å². The average molecular weight is 265 g/mol. The molecule has 0 saturated heterocycles. The summed E-state index contributed by atoms with van der Waals surface area (Å²) in [6.07, 6.45) is 3.71. The molecule has 0 spiro atoms. The number of benzene rings is 2. The number of nitrogens with zero attached hydrogens (tertiary/aromatic N) is 1. The summed E-state index contributed by atoms with van der Waals surface area (Å²) in [5.74, 6) is 0.867. The molecule has 0 aliphatic heterocycles. The van der Waals surface area contributed by atoms with E-state index in [1.54, 1.807) is 0 Å². The Bertz CT molecular complexity index is 567. The van der Waals surface area contributed by atoms with Crippen molar-refractivity contribution in [2.45, 2.75) is 13.5 Å². The van der Waals surface area contributed by atoms with Gasteiger partial charge in [0.1, 0.15) is 12.4 Å². The maximum absolute atomic E-state index is 5.75. The van der Waals surface area contributed by atoms with Crippen LogP contribution in [0.25, 0.3) is 6.08 Å². The van der Waals surface area contributed by atoms with Crippen LogP contribution in [-0.4, -0.2) is 12.8 Å². The summed E-state index contributed by atoms with van der Waals surface area (Å²) in [4.78, 5) is 4.21. The van der Waals surface area contributed by atoms with Crippen LogP contribution in [0.3, 0.4) is 0 Å². The highest BCUT2D eigenvalue weighted by Gasteiger charge is 1.96. The van der Waals surface area contributed by atoms with Gasteiger partial charge in [0, 0.05) is 12.8 Å². The van der Waals surface area contributed by atoms with Gasteiger partial charge in [-0.25, -0.2) is 0 Å². The number of ether oxygens (including phenoxy) is 1. The van der Waals surface area contributed by atoms with E-state index in [1.807, 2.05) is 55.6 Å². The summed E-state index contributed by atoms with van der Waals surface area (Å²) >= 11 is 0. The van der Waals surface area contributed by atoms with Gasteiger partial charge in [0.05, 0.1) is 0 Å². The first-order chi connectivity index (χ1) is 9.81. The molecule has 0 fully saturated rings. The van der Waals surface area contributed by atoms with E-state index in [9.17, 15) is 0 Å². The molecule has 0 saturated carbocycles. The molecule has 2 aromatic carbocycles. The zero-order chi connectivity index (χ0) is 14.2. The van der Waals surface area contributed by atoms with E-state index >= 15 is 0 Å². The summed E-state index contributed by atoms with van der Waals surface area (Å²) in [6, 6.07) is 16.1. The van der Waals surface area contributed by atoms with Crippen molar-refractivity contribution < 1.29 is 4.74 Å². The molecule has 0 aliphatic rings. The quantitative estimate of drug-likeness (QED) is 0.712. The molecule has 0 unspecified atom stereocenters. The fourth-order valence-corrected chi connectivity index (χ4v) is 1.76. The molecule has 20 heavy (non-hydrogen) atoms. The molecule has 0 heterocycles. The van der Waals surface area contributed by atoms with Crippen LogP contribution >= 0.6 is 0 Å². The standard InChI is InChI=1S/C18H19NO/c1-3-15-5-7-17(8-6-15)14-20-18-11-9-16(10-12-18)13-19-4-2/h3,5-13H,1,4,14H2,2H3. The molecule has 2 nitrogen and oxygen atoms in total. The van der Waals surface area contributed by atoms with Gasteiger partial charge in [-0.05, 0) is 47.9 Å². The third kappa shape index (κ3) is 4.09. The van der Waals surface area contributed by atoms with Gasteiger partial charge in [-0.1, -0.05) is 36.9 Å². The summed E-state index contributed by atoms with van der Waals surface area (Å²) in [5.41, 5.74) is 3.36. The van der Waals surface area contributed by atoms with Crippen molar-refractivity contribution in [2.24, 2.45) is 4.99 Å². The Hall–Kier alpha value is -2.35. The third-order valence-electron chi connectivity index (χ3n) is 2.92. The largest absolute Gasteiger partial charge is 0.489 e. The number of hydrogen-bond acceptors (Lipinski definition) is 2. The Kier molecular flexibility index (Phi) is 5.13. The van der Waals surface area contributed by atoms with Crippen LogP contribution in [0.5, 0.6) is 5.75 Å². The molecule has 0 aromatic heterocycles. The van der Waals surface area contributed by atoms with Gasteiger partial charge in [-0.3, -0.25) is 4.99 Å². The Balaban J connectivity index is 1.92. The molecule has 2 rings (SSSR count). The van der Waals surface area contributed by atoms with Crippen LogP contribution in [0.2, 0.25) is 0 Å². The monoisotopic (exact) mass is 265 g/mol. The Labute approximate surface area is 120 Å². The van der Waals surface area contributed by atoms with E-state index in [4.69, 9.17) is 4.74 Å². The number of rotatable bonds is 6. The molecule has 0 atom stereocenters. The van der Waals surface area contributed by atoms with E-state index < -0.39 is 0 Å². The van der Waals surface area contributed by atoms with Gasteiger partial charge in [0.2, 0.25) is 0 Å². The fraction of sp³-hybridized carbons (Fsp3) is 0.167. The number of hydrogen-bond donors (Lipinski definition) is 0. The van der Waals surface area contributed by atoms with E-state index in [0.717, 1.165) is 29.0 Å². The maximum Gasteiger partial charge on any atom is 0.119 e. The van der Waals surface area contributed by atoms with Crippen molar-refractivity contribution in [3.05, 3.63) is 71.8 Å². The average Bonchev–Trinajstić information content (AvgIpc) is 2.52. The maximum atomic E-state index is 5.75. The SMILES string of the molecule is C=Cc1ccc(COc2ccc(C=NCC)cc2)cc1. The molecule has 0 amide bonds. The summed E-state index contributed by atoms with van der Waals surface area (Å²) in [6.45, 7) is 7.13. The van der Waals surface area contributed by atoms with Crippen molar-refractivity contribution in [1.29, 1.82) is 0 Å². The highest BCUT2D eigenvalue weighted by Crippen LogP contribution is 2.14. The first-order valence-electron chi connectivity index (χ1n) is 6.76. The van der Waals surface area contributed by atoms with Crippen molar-refractivity contribution in [3.63, 3.8) is 0 Å². The summed E-state index contributed by atoms with van der Waals surface area (Å²) in [7, 11) is 0. The zero-order valence-electron chi connectivity index (χ0n) is 11.8. The van der Waals surface area contributed by atoms with Gasteiger partial charge < -0.3 is 4.74 Å². The molecule has 0 aliphatic carbocycles. The van der Waals surface area contributed by atoms with E-state index in [-0.39, 0.29) is 0 Å². The van der Waals surface area contributed by atoms with E-state index in [1.165, 1.54) is 0 Å². The van der Waals surface area contributed by atoms with Crippen molar-refractivity contribution in [2.75, 3.05) is 6.54 Å². The minimum atomic E-state index is 0.569. The lowest BCUT2D eigenvalue weighted by atomic mass is 10.1. The van der Waals surface area contributed by atoms with Gasteiger partial charge in [0.25, 0.3) is 0 Å². The molecule has 0 N–H and O–H groups in total. The Morgan fingerprint density at radius 2 is 1.65 bits per heavy atom. The second-order valence-electron chi connectivity index (χ2n) is 4.43. The molecular weight excluding hydrogens is 246 g/mol. The van der Waals surface area contributed by atoms with E-state index in [0.29, 0.717) is 6.61 Å². The molecule has 2 heteroatoms. The van der Waals surface area contributed by atoms with Crippen LogP contribution in [0.1, 0.15) is 23.6 Å². The predicted octanol–water partition coefficient (Wildman–Crippen LogP) is 4.35. The number of aliphatic imine (C=N–C) groups is 1. The Morgan fingerprint density at radius 1 is 1.00 bits per heavy atom. The highest BCUT2D eigenvalue weighted by molar-refractivity contribution is 5.79. The van der Waals surface area contributed by atoms with Gasteiger partial charge in [0.15, 0.2) is 0 Å². The first-order valence-corrected chi connectivity index (χ1v) is 6.76. The second kappa shape index (κ2) is 7.29. The molecule has 0 radical (unpaired) electrons. The fourth-order valence-electron chi connectivity index (χ4n) is 1.76. The molecule has 0 bridgehead atoms. The molecule has 2 aromatic rings. The van der Waals surface area contributed by atoms with E-state index in [2.05, 4.69) is 23.7 Å². The van der Waals surface area contributed by atoms with Crippen LogP contribution in [0, 0.1) is 0 Å². The Morgan fingerprint density at radius 3 is 2.25 bits per heavy atom. The zero-order valence-corrected chi connectivity index (χ0v) is 11.8. The van der Waals surface area contributed by atoms with Gasteiger partial charge in [-0.15, -0.1) is 0 Å². The summed E-state index contributed by atoms with van der Waals surface area (Å²) in [5, 5.41) is 0. The molecule has 102 valence electrons. The molecular formula is C18H19NO. The van der Waals surface area contributed by atoms with Crippen LogP contribution in [-0.2, 0) is 6.61 Å². The lowest BCUT2D eigenvalue weighted by Gasteiger charge is -2.06. The van der Waals surface area contributed by atoms with Crippen LogP contribution < -0.4 is 4.74 Å². The normalized spacial score (nSPS) is 10.7. The third-order valence-corrected chi connectivity index (χ3v) is 2.92. The summed E-state index contributed by atoms with van der Waals surface area (Å²) < 4.78 is 5.75. The van der Waals surface area contributed by atoms with Crippen molar-refractivity contribution >= 4 is 12.3 Å². The van der Waals surface area contributed by atoms with Gasteiger partial charge in [-0.2, -0.15) is 0 Å². The van der Waals surface area contributed by atoms with Gasteiger partial charge >= 0.3 is 0 Å².